The summed E-state index contributed by atoms with van der Waals surface area (Å²) < 4.78 is 5.57. The number of aromatic nitrogens is 2. The van der Waals surface area contributed by atoms with Crippen molar-refractivity contribution in [2.24, 2.45) is 5.92 Å². The van der Waals surface area contributed by atoms with E-state index >= 15 is 0 Å². The van der Waals surface area contributed by atoms with E-state index in [0.717, 1.165) is 31.4 Å². The van der Waals surface area contributed by atoms with E-state index in [4.69, 9.17) is 4.74 Å². The summed E-state index contributed by atoms with van der Waals surface area (Å²) in [5, 5.41) is 3.17. The zero-order chi connectivity index (χ0) is 14.5. The topological polar surface area (TPSA) is 50.3 Å². The molecule has 0 radical (unpaired) electrons. The molecule has 112 valence electrons. The molecule has 1 N–H and O–H groups in total. The molecule has 0 aromatic carbocycles. The molecule has 1 saturated heterocycles. The van der Waals surface area contributed by atoms with Crippen LogP contribution in [0.3, 0.4) is 0 Å². The van der Waals surface area contributed by atoms with E-state index in [1.807, 2.05) is 7.05 Å². The average molecular weight is 278 g/mol. The number of hydrogen-bond acceptors (Lipinski definition) is 5. The molecule has 1 aromatic heterocycles. The highest BCUT2D eigenvalue weighted by Gasteiger charge is 2.21. The van der Waals surface area contributed by atoms with E-state index in [1.165, 1.54) is 18.4 Å². The second kappa shape index (κ2) is 6.88. The normalized spacial score (nSPS) is 19.1. The minimum atomic E-state index is 0.388. The molecule has 1 aliphatic heterocycles. The fourth-order valence-electron chi connectivity index (χ4n) is 2.85. The Balaban J connectivity index is 2.17. The third kappa shape index (κ3) is 3.39. The molecule has 1 unspecified atom stereocenters. The Kier molecular flexibility index (Phi) is 5.17. The minimum Gasteiger partial charge on any atom is -0.381 e. The lowest BCUT2D eigenvalue weighted by molar-refractivity contribution is 0.0576. The van der Waals surface area contributed by atoms with Crippen molar-refractivity contribution < 1.29 is 4.74 Å². The van der Waals surface area contributed by atoms with Gasteiger partial charge in [-0.15, -0.1) is 0 Å². The minimum absolute atomic E-state index is 0.388. The Morgan fingerprint density at radius 2 is 2.25 bits per heavy atom. The number of nitrogens with one attached hydrogen (secondary N) is 1. The maximum atomic E-state index is 5.57. The number of nitrogens with zero attached hydrogens (tertiary/aromatic N) is 3. The molecule has 0 spiro atoms. The highest BCUT2D eigenvalue weighted by atomic mass is 16.5. The lowest BCUT2D eigenvalue weighted by Gasteiger charge is -2.29. The third-order valence-electron chi connectivity index (χ3n) is 3.83. The summed E-state index contributed by atoms with van der Waals surface area (Å²) in [6.07, 6.45) is 4.05. The van der Waals surface area contributed by atoms with Crippen LogP contribution in [0.2, 0.25) is 0 Å². The number of ether oxygens (including phenoxy) is 1. The van der Waals surface area contributed by atoms with Crippen LogP contribution in [-0.2, 0) is 4.74 Å². The highest BCUT2D eigenvalue weighted by Crippen LogP contribution is 2.30. The van der Waals surface area contributed by atoms with Crippen molar-refractivity contribution in [3.05, 3.63) is 11.9 Å². The Labute approximate surface area is 121 Å². The van der Waals surface area contributed by atoms with Gasteiger partial charge in [-0.3, -0.25) is 0 Å². The van der Waals surface area contributed by atoms with Crippen molar-refractivity contribution in [1.82, 2.24) is 9.97 Å². The van der Waals surface area contributed by atoms with Gasteiger partial charge in [0.2, 0.25) is 0 Å². The van der Waals surface area contributed by atoms with Gasteiger partial charge < -0.3 is 15.0 Å². The van der Waals surface area contributed by atoms with Gasteiger partial charge in [0.25, 0.3) is 0 Å². The summed E-state index contributed by atoms with van der Waals surface area (Å²) in [4.78, 5) is 11.1. The van der Waals surface area contributed by atoms with E-state index in [2.05, 4.69) is 41.1 Å². The molecule has 1 atom stereocenters. The first kappa shape index (κ1) is 15.0. The van der Waals surface area contributed by atoms with E-state index in [1.54, 1.807) is 6.33 Å². The first-order valence-electron chi connectivity index (χ1n) is 7.45. The first-order valence-corrected chi connectivity index (χ1v) is 7.45. The molecule has 0 aliphatic carbocycles. The molecule has 5 heteroatoms. The van der Waals surface area contributed by atoms with Crippen LogP contribution in [0.4, 0.5) is 11.6 Å². The van der Waals surface area contributed by atoms with E-state index in [9.17, 15) is 0 Å². The molecule has 2 rings (SSSR count). The van der Waals surface area contributed by atoms with Gasteiger partial charge in [-0.25, -0.2) is 9.97 Å². The smallest absolute Gasteiger partial charge is 0.137 e. The van der Waals surface area contributed by atoms with Crippen molar-refractivity contribution in [3.8, 4) is 0 Å². The van der Waals surface area contributed by atoms with Crippen LogP contribution in [0.1, 0.15) is 38.2 Å². The average Bonchev–Trinajstić information content (AvgIpc) is 2.47. The first-order chi connectivity index (χ1) is 9.63. The lowest BCUT2D eigenvalue weighted by atomic mass is 10.0. The summed E-state index contributed by atoms with van der Waals surface area (Å²) in [6, 6.07) is 0. The van der Waals surface area contributed by atoms with Crippen molar-refractivity contribution in [1.29, 1.82) is 0 Å². The number of rotatable bonds is 5. The van der Waals surface area contributed by atoms with Gasteiger partial charge in [-0.05, 0) is 24.7 Å². The molecule has 5 nitrogen and oxygen atoms in total. The molecule has 2 heterocycles. The summed E-state index contributed by atoms with van der Waals surface area (Å²) in [5.41, 5.74) is 1.19. The van der Waals surface area contributed by atoms with E-state index in [-0.39, 0.29) is 0 Å². The standard InChI is InChI=1S/C15H26N4O/c1-11(2)13-14(16-3)17-10-18-15(13)19(4)8-12-6-5-7-20-9-12/h10-12H,5-9H2,1-4H3,(H,16,17,18). The van der Waals surface area contributed by atoms with Gasteiger partial charge in [0, 0.05) is 32.8 Å². The van der Waals surface area contributed by atoms with Crippen molar-refractivity contribution in [3.63, 3.8) is 0 Å². The maximum Gasteiger partial charge on any atom is 0.137 e. The zero-order valence-corrected chi connectivity index (χ0v) is 13.0. The van der Waals surface area contributed by atoms with Crippen LogP contribution < -0.4 is 10.2 Å². The van der Waals surface area contributed by atoms with E-state index < -0.39 is 0 Å². The second-order valence-electron chi connectivity index (χ2n) is 5.83. The molecule has 0 saturated carbocycles. The van der Waals surface area contributed by atoms with Crippen molar-refractivity contribution in [2.45, 2.75) is 32.6 Å². The molecule has 0 amide bonds. The van der Waals surface area contributed by atoms with Gasteiger partial charge in [0.1, 0.15) is 18.0 Å². The molecule has 1 aliphatic rings. The molecule has 0 bridgehead atoms. The van der Waals surface area contributed by atoms with Gasteiger partial charge in [-0.1, -0.05) is 13.8 Å². The third-order valence-corrected chi connectivity index (χ3v) is 3.83. The molecule has 20 heavy (non-hydrogen) atoms. The lowest BCUT2D eigenvalue weighted by Crippen LogP contribution is -2.32. The van der Waals surface area contributed by atoms with Crippen LogP contribution in [0, 0.1) is 5.92 Å². The predicted molar refractivity (Wildman–Crippen MR) is 82.5 cm³/mol. The fraction of sp³-hybridized carbons (Fsp3) is 0.733. The zero-order valence-electron chi connectivity index (χ0n) is 13.0. The summed E-state index contributed by atoms with van der Waals surface area (Å²) in [6.45, 7) is 7.13. The quantitative estimate of drug-likeness (QED) is 0.897. The molecule has 1 aromatic rings. The summed E-state index contributed by atoms with van der Waals surface area (Å²) >= 11 is 0. The van der Waals surface area contributed by atoms with Gasteiger partial charge >= 0.3 is 0 Å². The monoisotopic (exact) mass is 278 g/mol. The highest BCUT2D eigenvalue weighted by molar-refractivity contribution is 5.59. The maximum absolute atomic E-state index is 5.57. The van der Waals surface area contributed by atoms with E-state index in [0.29, 0.717) is 11.8 Å². The van der Waals surface area contributed by atoms with Crippen LogP contribution in [-0.4, -0.2) is 43.8 Å². The SMILES string of the molecule is CNc1ncnc(N(C)CC2CCCOC2)c1C(C)C. The number of anilines is 2. The van der Waals surface area contributed by atoms with Crippen LogP contribution >= 0.6 is 0 Å². The largest absolute Gasteiger partial charge is 0.381 e. The Morgan fingerprint density at radius 1 is 1.45 bits per heavy atom. The summed E-state index contributed by atoms with van der Waals surface area (Å²) in [5.74, 6) is 2.95. The van der Waals surface area contributed by atoms with Gasteiger partial charge in [-0.2, -0.15) is 0 Å². The molecule has 1 fully saturated rings. The Morgan fingerprint density at radius 3 is 2.85 bits per heavy atom. The fourth-order valence-corrected chi connectivity index (χ4v) is 2.85. The Bertz CT molecular complexity index is 430. The van der Waals surface area contributed by atoms with Gasteiger partial charge in [0.15, 0.2) is 0 Å². The van der Waals surface area contributed by atoms with Crippen LogP contribution in [0.15, 0.2) is 6.33 Å². The van der Waals surface area contributed by atoms with Crippen LogP contribution in [0.5, 0.6) is 0 Å². The predicted octanol–water partition coefficient (Wildman–Crippen LogP) is 2.50. The second-order valence-corrected chi connectivity index (χ2v) is 5.83. The van der Waals surface area contributed by atoms with Gasteiger partial charge in [0.05, 0.1) is 6.61 Å². The summed E-state index contributed by atoms with van der Waals surface area (Å²) in [7, 11) is 4.02. The Hall–Kier alpha value is -1.36. The van der Waals surface area contributed by atoms with Crippen molar-refractivity contribution >= 4 is 11.6 Å². The number of hydrogen-bond donors (Lipinski definition) is 1. The molecular weight excluding hydrogens is 252 g/mol. The van der Waals surface area contributed by atoms with Crippen LogP contribution in [0.25, 0.3) is 0 Å². The van der Waals surface area contributed by atoms with Crippen molar-refractivity contribution in [2.75, 3.05) is 44.1 Å². The molecular formula is C15H26N4O.